The Balaban J connectivity index is 2.09. The van der Waals surface area contributed by atoms with Gasteiger partial charge in [-0.3, -0.25) is 9.59 Å². The van der Waals surface area contributed by atoms with Gasteiger partial charge in [-0.1, -0.05) is 18.2 Å². The molecule has 4 nitrogen and oxygen atoms in total. The molecule has 0 radical (unpaired) electrons. The van der Waals surface area contributed by atoms with Crippen molar-refractivity contribution in [2.45, 2.75) is 26.7 Å². The van der Waals surface area contributed by atoms with Crippen molar-refractivity contribution in [3.05, 3.63) is 42.0 Å². The van der Waals surface area contributed by atoms with Gasteiger partial charge in [-0.2, -0.15) is 0 Å². The number of amides is 2. The van der Waals surface area contributed by atoms with Crippen LogP contribution < -0.4 is 5.32 Å². The molecule has 1 saturated carbocycles. The molecule has 0 heterocycles. The second kappa shape index (κ2) is 6.57. The lowest BCUT2D eigenvalue weighted by Gasteiger charge is -2.21. The second-order valence-electron chi connectivity index (χ2n) is 5.62. The number of carbonyl (C=O) groups excluding carboxylic acids is 2. The number of rotatable bonds is 6. The van der Waals surface area contributed by atoms with Crippen LogP contribution in [0.3, 0.4) is 0 Å². The first-order chi connectivity index (χ1) is 10.0. The quantitative estimate of drug-likeness (QED) is 0.817. The van der Waals surface area contributed by atoms with E-state index in [1.54, 1.807) is 23.1 Å². The molecule has 0 aliphatic heterocycles. The lowest BCUT2D eigenvalue weighted by molar-refractivity contribution is -0.117. The van der Waals surface area contributed by atoms with Crippen LogP contribution in [-0.4, -0.2) is 29.8 Å². The Morgan fingerprint density at radius 3 is 2.67 bits per heavy atom. The molecule has 1 aliphatic carbocycles. The van der Waals surface area contributed by atoms with Crippen LogP contribution in [0.2, 0.25) is 0 Å². The van der Waals surface area contributed by atoms with Crippen LogP contribution >= 0.6 is 0 Å². The molecule has 1 aliphatic rings. The van der Waals surface area contributed by atoms with Gasteiger partial charge in [0.1, 0.15) is 0 Å². The maximum Gasteiger partial charge on any atom is 0.254 e. The van der Waals surface area contributed by atoms with Crippen molar-refractivity contribution >= 4 is 17.5 Å². The van der Waals surface area contributed by atoms with Gasteiger partial charge in [-0.25, -0.2) is 0 Å². The van der Waals surface area contributed by atoms with Crippen LogP contribution in [0.15, 0.2) is 36.4 Å². The fraction of sp³-hybridized carbons (Fsp3) is 0.412. The van der Waals surface area contributed by atoms with E-state index in [4.69, 9.17) is 0 Å². The van der Waals surface area contributed by atoms with Crippen LogP contribution in [0.1, 0.15) is 37.0 Å². The minimum atomic E-state index is -0.0389. The largest absolute Gasteiger partial charge is 0.335 e. The van der Waals surface area contributed by atoms with E-state index >= 15 is 0 Å². The SMILES string of the molecule is C=C(C)CN(CC)C(=O)c1cccc(NC(=O)C2CC2)c1. The van der Waals surface area contributed by atoms with Crippen molar-refractivity contribution in [2.75, 3.05) is 18.4 Å². The number of nitrogens with zero attached hydrogens (tertiary/aromatic N) is 1. The Bertz CT molecular complexity index is 562. The lowest BCUT2D eigenvalue weighted by atomic mass is 10.1. The Kier molecular flexibility index (Phi) is 4.78. The van der Waals surface area contributed by atoms with Crippen molar-refractivity contribution in [2.24, 2.45) is 5.92 Å². The highest BCUT2D eigenvalue weighted by Crippen LogP contribution is 2.30. The van der Waals surface area contributed by atoms with Crippen LogP contribution in [0, 0.1) is 5.92 Å². The summed E-state index contributed by atoms with van der Waals surface area (Å²) in [7, 11) is 0. The molecule has 0 bridgehead atoms. The van der Waals surface area contributed by atoms with Gasteiger partial charge in [-0.05, 0) is 44.9 Å². The average Bonchev–Trinajstić information content (AvgIpc) is 3.28. The molecule has 1 aromatic carbocycles. The summed E-state index contributed by atoms with van der Waals surface area (Å²) < 4.78 is 0. The second-order valence-corrected chi connectivity index (χ2v) is 5.62. The third-order valence-corrected chi connectivity index (χ3v) is 3.45. The average molecular weight is 286 g/mol. The first-order valence-electron chi connectivity index (χ1n) is 7.36. The highest BCUT2D eigenvalue weighted by atomic mass is 16.2. The molecule has 2 amide bonds. The summed E-state index contributed by atoms with van der Waals surface area (Å²) in [5.74, 6) is 0.164. The van der Waals surface area contributed by atoms with Crippen LogP contribution in [0.4, 0.5) is 5.69 Å². The van der Waals surface area contributed by atoms with Gasteiger partial charge in [0.05, 0.1) is 0 Å². The van der Waals surface area contributed by atoms with E-state index < -0.39 is 0 Å². The van der Waals surface area contributed by atoms with Crippen molar-refractivity contribution < 1.29 is 9.59 Å². The number of hydrogen-bond acceptors (Lipinski definition) is 2. The van der Waals surface area contributed by atoms with Gasteiger partial charge in [0.15, 0.2) is 0 Å². The zero-order valence-electron chi connectivity index (χ0n) is 12.7. The summed E-state index contributed by atoms with van der Waals surface area (Å²) >= 11 is 0. The fourth-order valence-corrected chi connectivity index (χ4v) is 2.16. The van der Waals surface area contributed by atoms with Gasteiger partial charge < -0.3 is 10.2 Å². The maximum atomic E-state index is 12.5. The molecular formula is C17H22N2O2. The normalized spacial score (nSPS) is 13.6. The summed E-state index contributed by atoms with van der Waals surface area (Å²) in [4.78, 5) is 26.0. The summed E-state index contributed by atoms with van der Waals surface area (Å²) in [6, 6.07) is 7.12. The first kappa shape index (κ1) is 15.3. The molecule has 0 atom stereocenters. The monoisotopic (exact) mass is 286 g/mol. The van der Waals surface area contributed by atoms with E-state index in [1.165, 1.54) is 0 Å². The third kappa shape index (κ3) is 4.18. The van der Waals surface area contributed by atoms with Gasteiger partial charge in [0, 0.05) is 30.3 Å². The number of nitrogens with one attached hydrogen (secondary N) is 1. The van der Waals surface area contributed by atoms with Crippen LogP contribution in [0.5, 0.6) is 0 Å². The summed E-state index contributed by atoms with van der Waals surface area (Å²) in [5.41, 5.74) is 2.22. The Morgan fingerprint density at radius 2 is 2.10 bits per heavy atom. The topological polar surface area (TPSA) is 49.4 Å². The lowest BCUT2D eigenvalue weighted by Crippen LogP contribution is -2.32. The molecule has 1 N–H and O–H groups in total. The standard InChI is InChI=1S/C17H22N2O2/c1-4-19(11-12(2)3)17(21)14-6-5-7-15(10-14)18-16(20)13-8-9-13/h5-7,10,13H,2,4,8-9,11H2,1,3H3,(H,18,20). The van der Waals surface area contributed by atoms with E-state index in [2.05, 4.69) is 11.9 Å². The molecule has 0 spiro atoms. The van der Waals surface area contributed by atoms with Crippen LogP contribution in [0.25, 0.3) is 0 Å². The summed E-state index contributed by atoms with van der Waals surface area (Å²) in [6.07, 6.45) is 1.93. The first-order valence-corrected chi connectivity index (χ1v) is 7.36. The van der Waals surface area contributed by atoms with Crippen molar-refractivity contribution in [1.82, 2.24) is 4.90 Å². The third-order valence-electron chi connectivity index (χ3n) is 3.45. The molecule has 21 heavy (non-hydrogen) atoms. The van der Waals surface area contributed by atoms with Crippen LogP contribution in [-0.2, 0) is 4.79 Å². The molecule has 112 valence electrons. The van der Waals surface area contributed by atoms with E-state index in [0.717, 1.165) is 18.4 Å². The Hall–Kier alpha value is -2.10. The summed E-state index contributed by atoms with van der Waals surface area (Å²) in [6.45, 7) is 8.88. The minimum absolute atomic E-state index is 0.0389. The molecule has 1 aromatic rings. The molecule has 0 aromatic heterocycles. The zero-order chi connectivity index (χ0) is 15.4. The van der Waals surface area contributed by atoms with Crippen molar-refractivity contribution in [1.29, 1.82) is 0 Å². The molecule has 1 fully saturated rings. The highest BCUT2D eigenvalue weighted by Gasteiger charge is 2.29. The van der Waals surface area contributed by atoms with E-state index in [1.807, 2.05) is 19.9 Å². The smallest absolute Gasteiger partial charge is 0.254 e. The van der Waals surface area contributed by atoms with E-state index in [-0.39, 0.29) is 17.7 Å². The van der Waals surface area contributed by atoms with Gasteiger partial charge >= 0.3 is 0 Å². The Morgan fingerprint density at radius 1 is 1.38 bits per heavy atom. The van der Waals surface area contributed by atoms with E-state index in [9.17, 15) is 9.59 Å². The molecule has 0 saturated heterocycles. The molecule has 0 unspecified atom stereocenters. The van der Waals surface area contributed by atoms with Gasteiger partial charge in [-0.15, -0.1) is 0 Å². The molecular weight excluding hydrogens is 264 g/mol. The number of carbonyl (C=O) groups is 2. The predicted molar refractivity (Wildman–Crippen MR) is 84.2 cm³/mol. The summed E-state index contributed by atoms with van der Waals surface area (Å²) in [5, 5.41) is 2.87. The van der Waals surface area contributed by atoms with Gasteiger partial charge in [0.2, 0.25) is 5.91 Å². The van der Waals surface area contributed by atoms with Crippen molar-refractivity contribution in [3.8, 4) is 0 Å². The Labute approximate surface area is 125 Å². The molecule has 4 heteroatoms. The number of benzene rings is 1. The highest BCUT2D eigenvalue weighted by molar-refractivity contribution is 5.98. The minimum Gasteiger partial charge on any atom is -0.335 e. The zero-order valence-corrected chi connectivity index (χ0v) is 12.7. The number of hydrogen-bond donors (Lipinski definition) is 1. The van der Waals surface area contributed by atoms with Crippen molar-refractivity contribution in [3.63, 3.8) is 0 Å². The number of likely N-dealkylation sites (N-methyl/N-ethyl adjacent to an activating group) is 1. The number of anilines is 1. The maximum absolute atomic E-state index is 12.5. The van der Waals surface area contributed by atoms with Gasteiger partial charge in [0.25, 0.3) is 5.91 Å². The van der Waals surface area contributed by atoms with E-state index in [0.29, 0.717) is 24.3 Å². The predicted octanol–water partition coefficient (Wildman–Crippen LogP) is 3.07. The molecule has 2 rings (SSSR count). The fourth-order valence-electron chi connectivity index (χ4n) is 2.16.